The number of aryl methyl sites for hydroxylation is 1. The van der Waals surface area contributed by atoms with E-state index < -0.39 is 11.2 Å². The smallest absolute Gasteiger partial charge is 0.317 e. The molecule has 1 heterocycles. The van der Waals surface area contributed by atoms with Gasteiger partial charge < -0.3 is 5.11 Å². The Balaban J connectivity index is 2.79. The van der Waals surface area contributed by atoms with Crippen molar-refractivity contribution in [2.24, 2.45) is 5.92 Å². The third-order valence-electron chi connectivity index (χ3n) is 1.88. The first-order valence-electron chi connectivity index (χ1n) is 4.69. The number of aromatic nitrogens is 2. The van der Waals surface area contributed by atoms with Crippen LogP contribution in [0.3, 0.4) is 0 Å². The lowest BCUT2D eigenvalue weighted by atomic mass is 10.1. The fourth-order valence-electron chi connectivity index (χ4n) is 1.10. The fourth-order valence-corrected chi connectivity index (χ4v) is 2.08. The molecule has 0 aromatic carbocycles. The number of hydrogen-bond donors (Lipinski definition) is 1. The molecule has 4 nitrogen and oxygen atoms in total. The largest absolute Gasteiger partial charge is 0.480 e. The molecule has 0 aliphatic heterocycles. The highest BCUT2D eigenvalue weighted by Crippen LogP contribution is 2.26. The first-order valence-corrected chi connectivity index (χ1v) is 5.56. The van der Waals surface area contributed by atoms with Gasteiger partial charge in [-0.25, -0.2) is 9.97 Å². The van der Waals surface area contributed by atoms with Crippen molar-refractivity contribution < 1.29 is 9.90 Å². The standard InChI is InChI=1S/C10H14N2O2S/c1-6(2)9(10(13)14)15-8-4-7(3)11-5-12-8/h4-6,9H,1-3H3,(H,13,14). The molecular formula is C10H14N2O2S. The van der Waals surface area contributed by atoms with Crippen LogP contribution in [0.4, 0.5) is 0 Å². The summed E-state index contributed by atoms with van der Waals surface area (Å²) in [6.07, 6.45) is 1.46. The Bertz CT molecular complexity index is 355. The number of rotatable bonds is 4. The number of nitrogens with zero attached hydrogens (tertiary/aromatic N) is 2. The molecule has 0 amide bonds. The highest BCUT2D eigenvalue weighted by atomic mass is 32.2. The first-order chi connectivity index (χ1) is 7.00. The molecule has 0 fully saturated rings. The van der Waals surface area contributed by atoms with Crippen LogP contribution in [0.5, 0.6) is 0 Å². The third kappa shape index (κ3) is 3.51. The van der Waals surface area contributed by atoms with Crippen molar-refractivity contribution >= 4 is 17.7 Å². The number of carboxylic acid groups (broad SMARTS) is 1. The maximum absolute atomic E-state index is 11.0. The van der Waals surface area contributed by atoms with E-state index in [2.05, 4.69) is 9.97 Å². The minimum atomic E-state index is -0.800. The monoisotopic (exact) mass is 226 g/mol. The highest BCUT2D eigenvalue weighted by Gasteiger charge is 2.23. The summed E-state index contributed by atoms with van der Waals surface area (Å²) in [5.74, 6) is -0.728. The van der Waals surface area contributed by atoms with Crippen molar-refractivity contribution in [2.45, 2.75) is 31.0 Å². The summed E-state index contributed by atoms with van der Waals surface area (Å²) in [5.41, 5.74) is 0.848. The normalized spacial score (nSPS) is 12.8. The van der Waals surface area contributed by atoms with Crippen LogP contribution in [0.15, 0.2) is 17.4 Å². The van der Waals surface area contributed by atoms with Gasteiger partial charge in [0.2, 0.25) is 0 Å². The van der Waals surface area contributed by atoms with Gasteiger partial charge in [-0.3, -0.25) is 4.79 Å². The lowest BCUT2D eigenvalue weighted by Crippen LogP contribution is -2.22. The van der Waals surface area contributed by atoms with Gasteiger partial charge in [-0.1, -0.05) is 25.6 Å². The van der Waals surface area contributed by atoms with Gasteiger partial charge in [0, 0.05) is 5.69 Å². The molecule has 0 saturated heterocycles. The second-order valence-electron chi connectivity index (χ2n) is 3.62. The number of hydrogen-bond acceptors (Lipinski definition) is 4. The maximum atomic E-state index is 11.0. The Morgan fingerprint density at radius 1 is 1.47 bits per heavy atom. The molecule has 15 heavy (non-hydrogen) atoms. The number of carbonyl (C=O) groups is 1. The van der Waals surface area contributed by atoms with Crippen LogP contribution in [-0.4, -0.2) is 26.3 Å². The van der Waals surface area contributed by atoms with Crippen LogP contribution >= 0.6 is 11.8 Å². The van der Waals surface area contributed by atoms with E-state index in [4.69, 9.17) is 5.11 Å². The Morgan fingerprint density at radius 3 is 2.60 bits per heavy atom. The first kappa shape index (κ1) is 12.0. The highest BCUT2D eigenvalue weighted by molar-refractivity contribution is 8.00. The molecule has 0 aliphatic carbocycles. The molecule has 5 heteroatoms. The maximum Gasteiger partial charge on any atom is 0.317 e. The lowest BCUT2D eigenvalue weighted by molar-refractivity contribution is -0.137. The summed E-state index contributed by atoms with van der Waals surface area (Å²) in [4.78, 5) is 19.0. The summed E-state index contributed by atoms with van der Waals surface area (Å²) in [6, 6.07) is 1.79. The van der Waals surface area contributed by atoms with Crippen molar-refractivity contribution in [3.05, 3.63) is 18.1 Å². The van der Waals surface area contributed by atoms with Crippen molar-refractivity contribution in [1.82, 2.24) is 9.97 Å². The average molecular weight is 226 g/mol. The molecule has 0 aliphatic rings. The van der Waals surface area contributed by atoms with E-state index in [0.29, 0.717) is 5.03 Å². The van der Waals surface area contributed by atoms with E-state index >= 15 is 0 Å². The Labute approximate surface area is 93.1 Å². The summed E-state index contributed by atoms with van der Waals surface area (Å²) in [7, 11) is 0. The number of carboxylic acids is 1. The van der Waals surface area contributed by atoms with Gasteiger partial charge in [0.05, 0.1) is 0 Å². The average Bonchev–Trinajstić information content (AvgIpc) is 2.13. The Hall–Kier alpha value is -1.10. The molecular weight excluding hydrogens is 212 g/mol. The summed E-state index contributed by atoms with van der Waals surface area (Å²) < 4.78 is 0. The molecule has 0 radical (unpaired) electrons. The van der Waals surface area contributed by atoms with E-state index in [1.807, 2.05) is 20.8 Å². The van der Waals surface area contributed by atoms with Crippen molar-refractivity contribution in [3.63, 3.8) is 0 Å². The quantitative estimate of drug-likeness (QED) is 0.628. The van der Waals surface area contributed by atoms with E-state index in [1.165, 1.54) is 18.1 Å². The zero-order valence-electron chi connectivity index (χ0n) is 8.97. The van der Waals surface area contributed by atoms with Crippen LogP contribution in [-0.2, 0) is 4.79 Å². The van der Waals surface area contributed by atoms with Gasteiger partial charge in [-0.2, -0.15) is 0 Å². The van der Waals surface area contributed by atoms with Crippen LogP contribution in [0.25, 0.3) is 0 Å². The lowest BCUT2D eigenvalue weighted by Gasteiger charge is -2.14. The van der Waals surface area contributed by atoms with Gasteiger partial charge in [0.1, 0.15) is 16.6 Å². The van der Waals surface area contributed by atoms with Crippen molar-refractivity contribution in [3.8, 4) is 0 Å². The fraction of sp³-hybridized carbons (Fsp3) is 0.500. The molecule has 0 spiro atoms. The topological polar surface area (TPSA) is 63.1 Å². The summed E-state index contributed by atoms with van der Waals surface area (Å²) in [6.45, 7) is 5.64. The molecule has 1 rings (SSSR count). The predicted molar refractivity (Wildman–Crippen MR) is 58.9 cm³/mol. The zero-order chi connectivity index (χ0) is 11.4. The predicted octanol–water partition coefficient (Wildman–Crippen LogP) is 1.99. The van der Waals surface area contributed by atoms with Gasteiger partial charge in [-0.05, 0) is 18.9 Å². The molecule has 0 bridgehead atoms. The molecule has 1 unspecified atom stereocenters. The second kappa shape index (κ2) is 5.11. The second-order valence-corrected chi connectivity index (χ2v) is 4.78. The van der Waals surface area contributed by atoms with Gasteiger partial charge in [0.25, 0.3) is 0 Å². The number of thioether (sulfide) groups is 1. The molecule has 82 valence electrons. The van der Waals surface area contributed by atoms with E-state index in [-0.39, 0.29) is 5.92 Å². The van der Waals surface area contributed by atoms with Crippen LogP contribution in [0.1, 0.15) is 19.5 Å². The third-order valence-corrected chi connectivity index (χ3v) is 3.34. The van der Waals surface area contributed by atoms with Crippen molar-refractivity contribution in [2.75, 3.05) is 0 Å². The Morgan fingerprint density at radius 2 is 2.13 bits per heavy atom. The minimum Gasteiger partial charge on any atom is -0.480 e. The molecule has 1 N–H and O–H groups in total. The van der Waals surface area contributed by atoms with E-state index in [9.17, 15) is 4.79 Å². The van der Waals surface area contributed by atoms with Crippen LogP contribution in [0.2, 0.25) is 0 Å². The van der Waals surface area contributed by atoms with E-state index in [0.717, 1.165) is 5.69 Å². The molecule has 0 saturated carbocycles. The van der Waals surface area contributed by atoms with Crippen LogP contribution in [0, 0.1) is 12.8 Å². The van der Waals surface area contributed by atoms with Gasteiger partial charge >= 0.3 is 5.97 Å². The summed E-state index contributed by atoms with van der Waals surface area (Å²) >= 11 is 1.27. The van der Waals surface area contributed by atoms with E-state index in [1.54, 1.807) is 6.07 Å². The number of aliphatic carboxylic acids is 1. The summed E-state index contributed by atoms with van der Waals surface area (Å²) in [5, 5.41) is 9.26. The Kier molecular flexibility index (Phi) is 4.08. The SMILES string of the molecule is Cc1cc(SC(C(=O)O)C(C)C)ncn1. The van der Waals surface area contributed by atoms with Gasteiger partial charge in [0.15, 0.2) is 0 Å². The van der Waals surface area contributed by atoms with Crippen LogP contribution < -0.4 is 0 Å². The zero-order valence-corrected chi connectivity index (χ0v) is 9.78. The van der Waals surface area contributed by atoms with Gasteiger partial charge in [-0.15, -0.1) is 0 Å². The molecule has 1 aromatic heterocycles. The minimum absolute atomic E-state index is 0.0720. The molecule has 1 atom stereocenters. The molecule has 1 aromatic rings. The van der Waals surface area contributed by atoms with Crippen molar-refractivity contribution in [1.29, 1.82) is 0 Å².